The molecule has 0 aliphatic rings. The third-order valence-electron chi connectivity index (χ3n) is 0.638. The van der Waals surface area contributed by atoms with Crippen LogP contribution in [0.4, 0.5) is 0 Å². The summed E-state index contributed by atoms with van der Waals surface area (Å²) in [7, 11) is 0. The lowest BCUT2D eigenvalue weighted by Crippen LogP contribution is -2.02. The number of rotatable bonds is 3. The summed E-state index contributed by atoms with van der Waals surface area (Å²) in [5.74, 6) is 0. The third-order valence-corrected chi connectivity index (χ3v) is 1.54. The summed E-state index contributed by atoms with van der Waals surface area (Å²) in [6, 6.07) is 0. The molecular weight excluding hydrogens is 158 g/mol. The smallest absolute Gasteiger partial charge is 0.190 e. The molecule has 0 heterocycles. The molecule has 56 valence electrons. The quantitative estimate of drug-likeness (QED) is 0.609. The fourth-order valence-electron chi connectivity index (χ4n) is 0.282. The molecule has 0 aromatic rings. The van der Waals surface area contributed by atoms with E-state index in [4.69, 9.17) is 16.0 Å². The van der Waals surface area contributed by atoms with E-state index in [-0.39, 0.29) is 12.5 Å². The summed E-state index contributed by atoms with van der Waals surface area (Å²) in [4.78, 5) is 0. The third kappa shape index (κ3) is 8.48. The molecule has 0 aliphatic heterocycles. The monoisotopic (exact) mass is 170 g/mol. The van der Waals surface area contributed by atoms with Gasteiger partial charge in [0, 0.05) is 6.66 Å². The van der Waals surface area contributed by atoms with Gasteiger partial charge in [0.05, 0.1) is 6.10 Å². The maximum absolute atomic E-state index is 10.8. The van der Waals surface area contributed by atoms with E-state index in [2.05, 4.69) is 0 Å². The van der Waals surface area contributed by atoms with Crippen LogP contribution in [-0.4, -0.2) is 19.1 Å². The van der Waals surface area contributed by atoms with Gasteiger partial charge in [0.2, 0.25) is 0 Å². The van der Waals surface area contributed by atoms with Crippen molar-refractivity contribution in [1.29, 1.82) is 0 Å². The number of halogens is 1. The highest BCUT2D eigenvalue weighted by molar-refractivity contribution is 7.88. The van der Waals surface area contributed by atoms with Crippen molar-refractivity contribution in [1.82, 2.24) is 0 Å². The highest BCUT2D eigenvalue weighted by atomic mass is 35.7. The molecule has 0 rings (SSSR count). The first kappa shape index (κ1) is 9.48. The van der Waals surface area contributed by atoms with Crippen LogP contribution in [0.15, 0.2) is 0 Å². The van der Waals surface area contributed by atoms with E-state index in [0.29, 0.717) is 0 Å². The normalized spacial score (nSPS) is 17.9. The Morgan fingerprint density at radius 1 is 1.67 bits per heavy atom. The second-order valence-corrected chi connectivity index (χ2v) is 6.70. The molecule has 9 heavy (non-hydrogen) atoms. The maximum Gasteiger partial charge on any atom is 0.190 e. The first-order chi connectivity index (χ1) is 3.92. The molecule has 0 saturated heterocycles. The van der Waals surface area contributed by atoms with Gasteiger partial charge in [0.15, 0.2) is 6.49 Å². The van der Waals surface area contributed by atoms with Crippen molar-refractivity contribution < 1.29 is 9.30 Å². The van der Waals surface area contributed by atoms with Crippen LogP contribution in [0.1, 0.15) is 13.8 Å². The van der Waals surface area contributed by atoms with E-state index < -0.39 is 6.49 Å². The summed E-state index contributed by atoms with van der Waals surface area (Å²) < 4.78 is 15.8. The van der Waals surface area contributed by atoms with Gasteiger partial charge in [-0.3, -0.25) is 0 Å². The maximum atomic E-state index is 10.8. The molecule has 0 spiro atoms. The fraction of sp³-hybridized carbons (Fsp3) is 1.00. The van der Waals surface area contributed by atoms with Gasteiger partial charge in [-0.15, -0.1) is 0 Å². The molecule has 2 nitrogen and oxygen atoms in total. The van der Waals surface area contributed by atoms with Gasteiger partial charge in [0.25, 0.3) is 0 Å². The van der Waals surface area contributed by atoms with Gasteiger partial charge in [-0.1, -0.05) is 11.2 Å². The molecule has 4 heteroatoms. The van der Waals surface area contributed by atoms with Crippen molar-refractivity contribution in [3.05, 3.63) is 0 Å². The van der Waals surface area contributed by atoms with Crippen LogP contribution in [0.5, 0.6) is 0 Å². The van der Waals surface area contributed by atoms with Crippen molar-refractivity contribution in [3.8, 4) is 0 Å². The van der Waals surface area contributed by atoms with Crippen LogP contribution in [0, 0.1) is 0 Å². The Labute approximate surface area is 60.7 Å². The molecule has 0 N–H and O–H groups in total. The number of hydrogen-bond donors (Lipinski definition) is 0. The van der Waals surface area contributed by atoms with Crippen LogP contribution in [0.3, 0.4) is 0 Å². The zero-order valence-corrected chi connectivity index (χ0v) is 7.58. The summed E-state index contributed by atoms with van der Waals surface area (Å²) in [5, 5.41) is 0. The minimum Gasteiger partial charge on any atom is -0.370 e. The topological polar surface area (TPSA) is 26.3 Å². The summed E-state index contributed by atoms with van der Waals surface area (Å²) >= 11 is 5.41. The van der Waals surface area contributed by atoms with E-state index in [1.165, 1.54) is 6.66 Å². The molecule has 0 saturated carbocycles. The average molecular weight is 171 g/mol. The number of hydrogen-bond acceptors (Lipinski definition) is 2. The Balaban J connectivity index is 3.40. The highest BCUT2D eigenvalue weighted by Gasteiger charge is 2.10. The van der Waals surface area contributed by atoms with Crippen molar-refractivity contribution in [2.24, 2.45) is 0 Å². The Morgan fingerprint density at radius 3 is 2.22 bits per heavy atom. The Kier molecular flexibility index (Phi) is 3.79. The molecule has 0 radical (unpaired) electrons. The second kappa shape index (κ2) is 3.60. The van der Waals surface area contributed by atoms with E-state index in [0.717, 1.165) is 0 Å². The van der Waals surface area contributed by atoms with Crippen molar-refractivity contribution in [2.75, 3.05) is 13.0 Å². The molecule has 0 aliphatic carbocycles. The molecule has 0 aromatic heterocycles. The lowest BCUT2D eigenvalue weighted by Gasteiger charge is -2.08. The Bertz CT molecular complexity index is 118. The first-order valence-corrected chi connectivity index (χ1v) is 6.04. The average Bonchev–Trinajstić information content (AvgIpc) is 1.59. The molecule has 1 unspecified atom stereocenters. The largest absolute Gasteiger partial charge is 0.370 e. The van der Waals surface area contributed by atoms with Gasteiger partial charge in [-0.05, 0) is 13.8 Å². The summed E-state index contributed by atoms with van der Waals surface area (Å²) in [5.41, 5.74) is 0. The van der Waals surface area contributed by atoms with Gasteiger partial charge in [0.1, 0.15) is 6.35 Å². The van der Waals surface area contributed by atoms with E-state index >= 15 is 0 Å². The molecule has 0 aromatic carbocycles. The fourth-order valence-corrected chi connectivity index (χ4v) is 1.02. The van der Waals surface area contributed by atoms with E-state index in [1.807, 2.05) is 13.8 Å². The molecule has 0 amide bonds. The van der Waals surface area contributed by atoms with E-state index in [9.17, 15) is 4.57 Å². The molecule has 0 bridgehead atoms. The van der Waals surface area contributed by atoms with Gasteiger partial charge in [-0.25, -0.2) is 0 Å². The summed E-state index contributed by atoms with van der Waals surface area (Å²) in [6.45, 7) is 2.79. The van der Waals surface area contributed by atoms with Crippen molar-refractivity contribution in [2.45, 2.75) is 20.0 Å². The molecular formula is C5H12ClO2P. The minimum absolute atomic E-state index is 0.108. The SMILES string of the molecule is CC(C)OCP(C)(=O)Cl. The second-order valence-electron chi connectivity index (χ2n) is 2.33. The van der Waals surface area contributed by atoms with E-state index in [1.54, 1.807) is 0 Å². The van der Waals surface area contributed by atoms with Crippen LogP contribution in [0.2, 0.25) is 0 Å². The predicted octanol–water partition coefficient (Wildman–Crippen LogP) is 2.52. The van der Waals surface area contributed by atoms with Gasteiger partial charge in [-0.2, -0.15) is 0 Å². The zero-order valence-electron chi connectivity index (χ0n) is 5.93. The van der Waals surface area contributed by atoms with Gasteiger partial charge >= 0.3 is 0 Å². The highest BCUT2D eigenvalue weighted by Crippen LogP contribution is 2.46. The lowest BCUT2D eigenvalue weighted by molar-refractivity contribution is 0.116. The Morgan fingerprint density at radius 2 is 2.11 bits per heavy atom. The lowest BCUT2D eigenvalue weighted by atomic mass is 10.5. The van der Waals surface area contributed by atoms with Gasteiger partial charge < -0.3 is 9.30 Å². The predicted molar refractivity (Wildman–Crippen MR) is 40.5 cm³/mol. The van der Waals surface area contributed by atoms with Crippen LogP contribution >= 0.6 is 17.7 Å². The van der Waals surface area contributed by atoms with Crippen molar-refractivity contribution >= 4 is 17.7 Å². The van der Waals surface area contributed by atoms with Crippen LogP contribution in [0.25, 0.3) is 0 Å². The minimum atomic E-state index is -2.47. The molecule has 1 atom stereocenters. The first-order valence-electron chi connectivity index (χ1n) is 2.79. The number of ether oxygens (including phenoxy) is 1. The van der Waals surface area contributed by atoms with Crippen LogP contribution < -0.4 is 0 Å². The van der Waals surface area contributed by atoms with Crippen LogP contribution in [-0.2, 0) is 9.30 Å². The molecule has 0 fully saturated rings. The standard InChI is InChI=1S/C5H12ClO2P/c1-5(2)8-4-9(3,6)7/h5H,4H2,1-3H3. The Hall–Kier alpha value is 0.480. The summed E-state index contributed by atoms with van der Waals surface area (Å²) in [6.07, 6.45) is 0.281. The van der Waals surface area contributed by atoms with Crippen molar-refractivity contribution in [3.63, 3.8) is 0 Å². The zero-order chi connectivity index (χ0) is 7.49.